The number of nitrogens with zero attached hydrogens (tertiary/aromatic N) is 4. The first kappa shape index (κ1) is 13.5. The van der Waals surface area contributed by atoms with Gasteiger partial charge < -0.3 is 14.2 Å². The fourth-order valence-corrected chi connectivity index (χ4v) is 3.03. The average molecular weight is 274 g/mol. The van der Waals surface area contributed by atoms with Gasteiger partial charge in [-0.25, -0.2) is 9.97 Å². The Kier molecular flexibility index (Phi) is 3.98. The van der Waals surface area contributed by atoms with Crippen LogP contribution < -0.4 is 0 Å². The van der Waals surface area contributed by atoms with E-state index in [9.17, 15) is 0 Å². The van der Waals surface area contributed by atoms with E-state index in [1.807, 2.05) is 18.3 Å². The number of hydrogen-bond donors (Lipinski definition) is 0. The summed E-state index contributed by atoms with van der Waals surface area (Å²) in [6.45, 7) is 2.70. The third-order valence-corrected chi connectivity index (χ3v) is 4.19. The topological polar surface area (TPSA) is 43.2 Å². The lowest BCUT2D eigenvalue weighted by atomic mass is 10.1. The second-order valence-corrected chi connectivity index (χ2v) is 5.50. The highest BCUT2D eigenvalue weighted by Crippen LogP contribution is 2.21. The molecule has 1 aliphatic rings. The zero-order valence-corrected chi connectivity index (χ0v) is 12.2. The van der Waals surface area contributed by atoms with E-state index in [-0.39, 0.29) is 0 Å². The zero-order chi connectivity index (χ0) is 13.9. The lowest BCUT2D eigenvalue weighted by Gasteiger charge is -2.19. The molecule has 2 aromatic heterocycles. The number of rotatable bonds is 5. The third kappa shape index (κ3) is 2.55. The molecule has 108 valence electrons. The summed E-state index contributed by atoms with van der Waals surface area (Å²) in [5.41, 5.74) is 1.96. The second-order valence-electron chi connectivity index (χ2n) is 5.50. The molecule has 0 saturated carbocycles. The molecule has 0 aliphatic carbocycles. The van der Waals surface area contributed by atoms with Crippen molar-refractivity contribution in [3.63, 3.8) is 0 Å². The lowest BCUT2D eigenvalue weighted by molar-refractivity contribution is 0.186. The molecule has 1 fully saturated rings. The van der Waals surface area contributed by atoms with Gasteiger partial charge in [0.1, 0.15) is 11.3 Å². The van der Waals surface area contributed by atoms with Gasteiger partial charge in [0, 0.05) is 32.3 Å². The average Bonchev–Trinajstić information content (AvgIpc) is 3.01. The van der Waals surface area contributed by atoms with E-state index in [1.165, 1.54) is 19.4 Å². The van der Waals surface area contributed by atoms with Gasteiger partial charge in [0.15, 0.2) is 5.65 Å². The molecule has 3 heterocycles. The van der Waals surface area contributed by atoms with Gasteiger partial charge in [-0.2, -0.15) is 0 Å². The van der Waals surface area contributed by atoms with Crippen molar-refractivity contribution >= 4 is 11.2 Å². The summed E-state index contributed by atoms with van der Waals surface area (Å²) in [6.07, 6.45) is 5.38. The molecular weight excluding hydrogens is 252 g/mol. The van der Waals surface area contributed by atoms with Crippen LogP contribution >= 0.6 is 0 Å². The third-order valence-electron chi connectivity index (χ3n) is 4.19. The normalized spacial score (nSPS) is 20.0. The standard InChI is InChI=1S/C15H22N4O/c1-18-8-4-5-12(18)11-14-17-13-6-3-7-16-15(13)19(14)9-10-20-2/h3,6-7,12H,4-5,8-11H2,1-2H3. The SMILES string of the molecule is COCCn1c(CC2CCCN2C)nc2cccnc21. The smallest absolute Gasteiger partial charge is 0.160 e. The molecule has 0 aromatic carbocycles. The minimum absolute atomic E-state index is 0.605. The Balaban J connectivity index is 1.91. The molecule has 0 N–H and O–H groups in total. The zero-order valence-electron chi connectivity index (χ0n) is 12.2. The number of aromatic nitrogens is 3. The van der Waals surface area contributed by atoms with Crippen LogP contribution in [0.1, 0.15) is 18.7 Å². The van der Waals surface area contributed by atoms with Crippen LogP contribution in [-0.2, 0) is 17.7 Å². The van der Waals surface area contributed by atoms with E-state index < -0.39 is 0 Å². The Morgan fingerprint density at radius 1 is 1.45 bits per heavy atom. The van der Waals surface area contributed by atoms with Crippen molar-refractivity contribution in [2.45, 2.75) is 31.8 Å². The van der Waals surface area contributed by atoms with Crippen LogP contribution in [0.2, 0.25) is 0 Å². The van der Waals surface area contributed by atoms with Gasteiger partial charge in [-0.3, -0.25) is 0 Å². The molecule has 0 bridgehead atoms. The highest BCUT2D eigenvalue weighted by molar-refractivity contribution is 5.71. The first-order chi connectivity index (χ1) is 9.79. The summed E-state index contributed by atoms with van der Waals surface area (Å²) in [6, 6.07) is 4.59. The molecular formula is C15H22N4O. The molecule has 1 atom stereocenters. The maximum Gasteiger partial charge on any atom is 0.160 e. The highest BCUT2D eigenvalue weighted by Gasteiger charge is 2.23. The van der Waals surface area contributed by atoms with Gasteiger partial charge in [-0.05, 0) is 38.6 Å². The van der Waals surface area contributed by atoms with Crippen molar-refractivity contribution in [2.24, 2.45) is 0 Å². The van der Waals surface area contributed by atoms with Gasteiger partial charge in [-0.1, -0.05) is 0 Å². The van der Waals surface area contributed by atoms with Crippen LogP contribution in [0.5, 0.6) is 0 Å². The van der Waals surface area contributed by atoms with Crippen molar-refractivity contribution in [2.75, 3.05) is 27.3 Å². The lowest BCUT2D eigenvalue weighted by Crippen LogP contribution is -2.28. The van der Waals surface area contributed by atoms with Crippen LogP contribution in [-0.4, -0.2) is 52.8 Å². The van der Waals surface area contributed by atoms with Crippen molar-refractivity contribution in [3.05, 3.63) is 24.2 Å². The summed E-state index contributed by atoms with van der Waals surface area (Å²) in [5.74, 6) is 1.13. The monoisotopic (exact) mass is 274 g/mol. The minimum atomic E-state index is 0.605. The number of imidazole rings is 1. The van der Waals surface area contributed by atoms with Crippen molar-refractivity contribution in [1.29, 1.82) is 0 Å². The summed E-state index contributed by atoms with van der Waals surface area (Å²) < 4.78 is 7.44. The Morgan fingerprint density at radius 2 is 2.35 bits per heavy atom. The Hall–Kier alpha value is -1.46. The molecule has 0 spiro atoms. The first-order valence-electron chi connectivity index (χ1n) is 7.29. The molecule has 1 aliphatic heterocycles. The van der Waals surface area contributed by atoms with E-state index in [4.69, 9.17) is 9.72 Å². The second kappa shape index (κ2) is 5.89. The van der Waals surface area contributed by atoms with Gasteiger partial charge in [-0.15, -0.1) is 0 Å². The van der Waals surface area contributed by atoms with Gasteiger partial charge in [0.25, 0.3) is 0 Å². The van der Waals surface area contributed by atoms with Crippen LogP contribution in [0.3, 0.4) is 0 Å². The van der Waals surface area contributed by atoms with Gasteiger partial charge >= 0.3 is 0 Å². The van der Waals surface area contributed by atoms with E-state index in [2.05, 4.69) is 21.5 Å². The molecule has 20 heavy (non-hydrogen) atoms. The summed E-state index contributed by atoms with van der Waals surface area (Å²) >= 11 is 0. The number of likely N-dealkylation sites (N-methyl/N-ethyl adjacent to an activating group) is 1. The number of likely N-dealkylation sites (tertiary alicyclic amines) is 1. The van der Waals surface area contributed by atoms with E-state index in [0.717, 1.165) is 30.0 Å². The first-order valence-corrected chi connectivity index (χ1v) is 7.29. The molecule has 5 nitrogen and oxygen atoms in total. The van der Waals surface area contributed by atoms with Crippen molar-refractivity contribution in [1.82, 2.24) is 19.4 Å². The number of fused-ring (bicyclic) bond motifs is 1. The molecule has 0 radical (unpaired) electrons. The van der Waals surface area contributed by atoms with Gasteiger partial charge in [0.2, 0.25) is 0 Å². The van der Waals surface area contributed by atoms with Crippen LogP contribution in [0.15, 0.2) is 18.3 Å². The quantitative estimate of drug-likeness (QED) is 0.832. The van der Waals surface area contributed by atoms with E-state index in [0.29, 0.717) is 12.6 Å². The van der Waals surface area contributed by atoms with E-state index in [1.54, 1.807) is 7.11 Å². The maximum atomic E-state index is 5.22. The number of hydrogen-bond acceptors (Lipinski definition) is 4. The number of pyridine rings is 1. The van der Waals surface area contributed by atoms with Crippen molar-refractivity contribution < 1.29 is 4.74 Å². The fourth-order valence-electron chi connectivity index (χ4n) is 3.03. The molecule has 2 aromatic rings. The predicted octanol–water partition coefficient (Wildman–Crippen LogP) is 1.71. The summed E-state index contributed by atoms with van der Waals surface area (Å²) in [5, 5.41) is 0. The Morgan fingerprint density at radius 3 is 3.10 bits per heavy atom. The summed E-state index contributed by atoms with van der Waals surface area (Å²) in [4.78, 5) is 11.7. The molecule has 3 rings (SSSR count). The van der Waals surface area contributed by atoms with Crippen LogP contribution in [0.4, 0.5) is 0 Å². The number of ether oxygens (including phenoxy) is 1. The Labute approximate surface area is 119 Å². The molecule has 1 saturated heterocycles. The van der Waals surface area contributed by atoms with Crippen LogP contribution in [0.25, 0.3) is 11.2 Å². The fraction of sp³-hybridized carbons (Fsp3) is 0.600. The van der Waals surface area contributed by atoms with E-state index >= 15 is 0 Å². The van der Waals surface area contributed by atoms with Crippen molar-refractivity contribution in [3.8, 4) is 0 Å². The maximum absolute atomic E-state index is 5.22. The largest absolute Gasteiger partial charge is 0.383 e. The summed E-state index contributed by atoms with van der Waals surface area (Å²) in [7, 11) is 3.94. The molecule has 1 unspecified atom stereocenters. The Bertz CT molecular complexity index is 580. The van der Waals surface area contributed by atoms with Crippen LogP contribution in [0, 0.1) is 0 Å². The highest BCUT2D eigenvalue weighted by atomic mass is 16.5. The van der Waals surface area contributed by atoms with Gasteiger partial charge in [0.05, 0.1) is 6.61 Å². The minimum Gasteiger partial charge on any atom is -0.383 e. The number of methoxy groups -OCH3 is 1. The predicted molar refractivity (Wildman–Crippen MR) is 78.8 cm³/mol. The molecule has 5 heteroatoms. The molecule has 0 amide bonds.